The smallest absolute Gasteiger partial charge is 0.313 e. The van der Waals surface area contributed by atoms with Crippen LogP contribution >= 0.6 is 11.8 Å². The molecule has 0 saturated heterocycles. The van der Waals surface area contributed by atoms with Crippen molar-refractivity contribution in [2.24, 2.45) is 0 Å². The van der Waals surface area contributed by atoms with E-state index in [1.54, 1.807) is 16.3 Å². The first-order valence-electron chi connectivity index (χ1n) is 5.32. The Balaban J connectivity index is 1.78. The van der Waals surface area contributed by atoms with Crippen molar-refractivity contribution >= 4 is 11.8 Å². The first kappa shape index (κ1) is 10.8. The minimum absolute atomic E-state index is 0.116. The van der Waals surface area contributed by atoms with Gasteiger partial charge in [0.1, 0.15) is 0 Å². The van der Waals surface area contributed by atoms with Gasteiger partial charge < -0.3 is 5.32 Å². The third-order valence-electron chi connectivity index (χ3n) is 2.38. The summed E-state index contributed by atoms with van der Waals surface area (Å²) in [5.74, 6) is 0.959. The van der Waals surface area contributed by atoms with Crippen LogP contribution in [0.1, 0.15) is 19.8 Å². The maximum Gasteiger partial charge on any atom is 0.343 e. The van der Waals surface area contributed by atoms with Crippen molar-refractivity contribution in [1.82, 2.24) is 20.1 Å². The Kier molecular flexibility index (Phi) is 3.48. The van der Waals surface area contributed by atoms with Crippen molar-refractivity contribution in [2.45, 2.75) is 37.5 Å². The first-order chi connectivity index (χ1) is 7.31. The number of nitrogens with one attached hydrogen (secondary N) is 2. The molecule has 0 atom stereocenters. The van der Waals surface area contributed by atoms with E-state index in [1.165, 1.54) is 12.8 Å². The fraction of sp³-hybridized carbons (Fsp3) is 0.778. The summed E-state index contributed by atoms with van der Waals surface area (Å²) in [5, 5.41) is 10.7. The lowest BCUT2D eigenvalue weighted by Gasteiger charge is -2.02. The lowest BCUT2D eigenvalue weighted by molar-refractivity contribution is 0.659. The van der Waals surface area contributed by atoms with E-state index in [-0.39, 0.29) is 5.69 Å². The molecule has 5 nitrogen and oxygen atoms in total. The Morgan fingerprint density at radius 2 is 2.47 bits per heavy atom. The van der Waals surface area contributed by atoms with Gasteiger partial charge in [-0.1, -0.05) is 11.8 Å². The van der Waals surface area contributed by atoms with E-state index in [0.717, 1.165) is 23.5 Å². The number of aromatic amines is 1. The van der Waals surface area contributed by atoms with Crippen molar-refractivity contribution in [3.8, 4) is 0 Å². The molecule has 0 bridgehead atoms. The monoisotopic (exact) mass is 228 g/mol. The maximum absolute atomic E-state index is 11.2. The third-order valence-corrected chi connectivity index (χ3v) is 3.36. The van der Waals surface area contributed by atoms with Crippen LogP contribution in [0.15, 0.2) is 9.95 Å². The molecule has 2 N–H and O–H groups in total. The van der Waals surface area contributed by atoms with Gasteiger partial charge in [0.2, 0.25) is 0 Å². The van der Waals surface area contributed by atoms with Gasteiger partial charge in [-0.15, -0.1) is 5.10 Å². The molecular formula is C9H16N4OS. The van der Waals surface area contributed by atoms with E-state index in [1.807, 2.05) is 6.92 Å². The highest BCUT2D eigenvalue weighted by Crippen LogP contribution is 2.19. The normalized spacial score (nSPS) is 15.8. The van der Waals surface area contributed by atoms with Gasteiger partial charge >= 0.3 is 5.69 Å². The van der Waals surface area contributed by atoms with Crippen LogP contribution in [0.3, 0.4) is 0 Å². The van der Waals surface area contributed by atoms with Crippen LogP contribution in [-0.2, 0) is 6.54 Å². The topological polar surface area (TPSA) is 62.7 Å². The van der Waals surface area contributed by atoms with Crippen molar-refractivity contribution in [1.29, 1.82) is 0 Å². The summed E-state index contributed by atoms with van der Waals surface area (Å²) in [7, 11) is 0. The highest BCUT2D eigenvalue weighted by molar-refractivity contribution is 7.99. The number of H-pyrrole nitrogens is 1. The van der Waals surface area contributed by atoms with Crippen LogP contribution in [0.4, 0.5) is 0 Å². The predicted octanol–water partition coefficient (Wildman–Crippen LogP) is 0.435. The largest absolute Gasteiger partial charge is 0.343 e. The Bertz CT molecular complexity index is 368. The Hall–Kier alpha value is -0.750. The minimum Gasteiger partial charge on any atom is -0.313 e. The minimum atomic E-state index is -0.116. The number of aromatic nitrogens is 3. The van der Waals surface area contributed by atoms with Crippen LogP contribution < -0.4 is 11.0 Å². The summed E-state index contributed by atoms with van der Waals surface area (Å²) < 4.78 is 1.65. The highest BCUT2D eigenvalue weighted by Gasteiger charge is 2.19. The molecule has 0 unspecified atom stereocenters. The average Bonchev–Trinajstić information content (AvgIpc) is 2.98. The van der Waals surface area contributed by atoms with Gasteiger partial charge in [0.25, 0.3) is 0 Å². The molecule has 1 aromatic rings. The van der Waals surface area contributed by atoms with Gasteiger partial charge in [-0.3, -0.25) is 4.57 Å². The fourth-order valence-electron chi connectivity index (χ4n) is 1.39. The number of nitrogens with zero attached hydrogens (tertiary/aromatic N) is 2. The van der Waals surface area contributed by atoms with Gasteiger partial charge in [0.05, 0.1) is 0 Å². The number of rotatable bonds is 6. The van der Waals surface area contributed by atoms with Gasteiger partial charge in [-0.05, 0) is 19.8 Å². The second kappa shape index (κ2) is 4.85. The summed E-state index contributed by atoms with van der Waals surface area (Å²) in [6, 6.07) is 0.748. The molecule has 1 aromatic heterocycles. The zero-order valence-corrected chi connectivity index (χ0v) is 9.64. The third kappa shape index (κ3) is 2.85. The predicted molar refractivity (Wildman–Crippen MR) is 60.3 cm³/mol. The Morgan fingerprint density at radius 1 is 1.67 bits per heavy atom. The van der Waals surface area contributed by atoms with Gasteiger partial charge in [0, 0.05) is 24.9 Å². The lowest BCUT2D eigenvalue weighted by Crippen LogP contribution is -2.20. The molecule has 1 aliphatic carbocycles. The van der Waals surface area contributed by atoms with E-state index < -0.39 is 0 Å². The van der Waals surface area contributed by atoms with Gasteiger partial charge in [-0.2, -0.15) is 0 Å². The zero-order chi connectivity index (χ0) is 10.7. The highest BCUT2D eigenvalue weighted by atomic mass is 32.2. The molecule has 0 aliphatic heterocycles. The fourth-order valence-corrected chi connectivity index (χ4v) is 2.27. The summed E-state index contributed by atoms with van der Waals surface area (Å²) >= 11 is 1.62. The number of thioether (sulfide) groups is 1. The molecule has 0 amide bonds. The average molecular weight is 228 g/mol. The molecule has 2 rings (SSSR count). The summed E-state index contributed by atoms with van der Waals surface area (Å²) in [6.45, 7) is 3.61. The molecule has 1 aliphatic rings. The lowest BCUT2D eigenvalue weighted by atomic mass is 10.6. The van der Waals surface area contributed by atoms with Crippen molar-refractivity contribution in [2.75, 3.05) is 12.3 Å². The summed E-state index contributed by atoms with van der Waals surface area (Å²) in [6.07, 6.45) is 2.62. The molecule has 84 valence electrons. The van der Waals surface area contributed by atoms with Gasteiger partial charge in [0.15, 0.2) is 5.16 Å². The molecular weight excluding hydrogens is 212 g/mol. The summed E-state index contributed by atoms with van der Waals surface area (Å²) in [5.41, 5.74) is -0.116. The van der Waals surface area contributed by atoms with E-state index >= 15 is 0 Å². The van der Waals surface area contributed by atoms with Crippen molar-refractivity contribution in [3.63, 3.8) is 0 Å². The first-order valence-corrected chi connectivity index (χ1v) is 6.31. The molecule has 15 heavy (non-hydrogen) atoms. The molecule has 0 radical (unpaired) electrons. The van der Waals surface area contributed by atoms with Crippen LogP contribution in [0.5, 0.6) is 0 Å². The van der Waals surface area contributed by atoms with Crippen molar-refractivity contribution < 1.29 is 0 Å². The molecule has 1 heterocycles. The molecule has 0 spiro atoms. The van der Waals surface area contributed by atoms with E-state index in [2.05, 4.69) is 15.5 Å². The maximum atomic E-state index is 11.2. The number of hydrogen-bond donors (Lipinski definition) is 2. The molecule has 0 aromatic carbocycles. The van der Waals surface area contributed by atoms with Crippen molar-refractivity contribution in [3.05, 3.63) is 10.5 Å². The van der Waals surface area contributed by atoms with E-state index in [9.17, 15) is 4.79 Å². The van der Waals surface area contributed by atoms with E-state index in [4.69, 9.17) is 0 Å². The van der Waals surface area contributed by atoms with Crippen LogP contribution in [0.2, 0.25) is 0 Å². The van der Waals surface area contributed by atoms with Crippen LogP contribution in [-0.4, -0.2) is 33.1 Å². The van der Waals surface area contributed by atoms with Gasteiger partial charge in [-0.25, -0.2) is 9.89 Å². The standard InChI is InChI=1S/C9H16N4OS/c1-2-13-8(14)11-12-9(13)15-6-5-10-7-3-4-7/h7,10H,2-6H2,1H3,(H,11,14). The second-order valence-corrected chi connectivity index (χ2v) is 4.69. The molecule has 1 saturated carbocycles. The number of hydrogen-bond acceptors (Lipinski definition) is 4. The quantitative estimate of drug-likeness (QED) is 0.547. The SMILES string of the molecule is CCn1c(SCCNC2CC2)n[nH]c1=O. The van der Waals surface area contributed by atoms with Crippen LogP contribution in [0.25, 0.3) is 0 Å². The molecule has 1 fully saturated rings. The van der Waals surface area contributed by atoms with E-state index in [0.29, 0.717) is 6.54 Å². The Morgan fingerprint density at radius 3 is 3.13 bits per heavy atom. The molecule has 6 heteroatoms. The summed E-state index contributed by atoms with van der Waals surface area (Å²) in [4.78, 5) is 11.2. The Labute approximate surface area is 92.6 Å². The zero-order valence-electron chi connectivity index (χ0n) is 8.82. The van der Waals surface area contributed by atoms with Crippen LogP contribution in [0, 0.1) is 0 Å². The second-order valence-electron chi connectivity index (χ2n) is 3.63.